The number of primary amides is 1. The number of nitrogens with two attached hydrogens (primary N) is 1. The van der Waals surface area contributed by atoms with Gasteiger partial charge in [0, 0.05) is 42.8 Å². The van der Waals surface area contributed by atoms with Gasteiger partial charge < -0.3 is 31.2 Å². The molecular weight excluding hydrogens is 531 g/mol. The number of hydrogen-bond acceptors (Lipinski definition) is 8. The summed E-state index contributed by atoms with van der Waals surface area (Å²) in [5, 5.41) is 8.26. The van der Waals surface area contributed by atoms with Crippen LogP contribution in [0.2, 0.25) is 0 Å². The Morgan fingerprint density at radius 3 is 2.42 bits per heavy atom. The molecule has 2 amide bonds. The van der Waals surface area contributed by atoms with Crippen molar-refractivity contribution in [2.75, 3.05) is 30.2 Å². The normalized spacial score (nSPS) is 11.1. The average molecular weight is 556 g/mol. The molecule has 0 unspecified atom stereocenters. The van der Waals surface area contributed by atoms with Gasteiger partial charge in [0.2, 0.25) is 11.9 Å². The predicted octanol–water partition coefficient (Wildman–Crippen LogP) is 4.34. The number of anilines is 4. The quantitative estimate of drug-likeness (QED) is 0.212. The van der Waals surface area contributed by atoms with Gasteiger partial charge >= 0.3 is 6.18 Å². The van der Waals surface area contributed by atoms with Crippen LogP contribution in [-0.2, 0) is 17.5 Å². The molecule has 0 bridgehead atoms. The van der Waals surface area contributed by atoms with Gasteiger partial charge in [-0.3, -0.25) is 14.0 Å². The molecule has 0 atom stereocenters. The molecule has 0 aliphatic carbocycles. The molecule has 0 aliphatic heterocycles. The number of carbonyl (C=O) groups is 2. The van der Waals surface area contributed by atoms with Crippen molar-refractivity contribution in [2.24, 2.45) is 5.73 Å². The fraction of sp³-hybridized carbons (Fsp3) is 0.154. The lowest BCUT2D eigenvalue weighted by molar-refractivity contribution is -0.137. The number of aromatic nitrogens is 3. The summed E-state index contributed by atoms with van der Waals surface area (Å²) in [4.78, 5) is 32.9. The Labute approximate surface area is 225 Å². The lowest BCUT2D eigenvalue weighted by Crippen LogP contribution is -2.19. The van der Waals surface area contributed by atoms with Crippen molar-refractivity contribution >= 4 is 40.6 Å². The molecule has 208 valence electrons. The maximum atomic E-state index is 13.5. The van der Waals surface area contributed by atoms with E-state index in [1.165, 1.54) is 43.1 Å². The first-order chi connectivity index (χ1) is 19.0. The summed E-state index contributed by atoms with van der Waals surface area (Å²) in [6.07, 6.45) is -0.836. The molecule has 0 radical (unpaired) electrons. The zero-order valence-corrected chi connectivity index (χ0v) is 21.3. The van der Waals surface area contributed by atoms with Crippen LogP contribution in [0.25, 0.3) is 5.65 Å². The molecule has 40 heavy (non-hydrogen) atoms. The van der Waals surface area contributed by atoms with E-state index in [9.17, 15) is 22.8 Å². The van der Waals surface area contributed by atoms with Crippen molar-refractivity contribution in [3.05, 3.63) is 78.1 Å². The van der Waals surface area contributed by atoms with Crippen molar-refractivity contribution in [1.29, 1.82) is 0 Å². The molecule has 2 aromatic carbocycles. The number of ether oxygens (including phenoxy) is 2. The maximum absolute atomic E-state index is 13.5. The number of halogens is 3. The first kappa shape index (κ1) is 27.8. The Morgan fingerprint density at radius 2 is 1.82 bits per heavy atom. The molecule has 11 nitrogen and oxygen atoms in total. The molecule has 0 saturated carbocycles. The number of imidazole rings is 1. The fourth-order valence-electron chi connectivity index (χ4n) is 3.86. The number of nitrogens with zero attached hydrogens (tertiary/aromatic N) is 3. The van der Waals surface area contributed by atoms with Crippen molar-refractivity contribution < 1.29 is 32.2 Å². The molecule has 4 aromatic rings. The highest BCUT2D eigenvalue weighted by atomic mass is 19.4. The molecule has 14 heteroatoms. The predicted molar refractivity (Wildman–Crippen MR) is 142 cm³/mol. The highest BCUT2D eigenvalue weighted by Gasteiger charge is 2.34. The lowest BCUT2D eigenvalue weighted by Gasteiger charge is -2.17. The third-order valence-electron chi connectivity index (χ3n) is 5.69. The lowest BCUT2D eigenvalue weighted by atomic mass is 10.1. The second-order valence-electron chi connectivity index (χ2n) is 8.30. The zero-order chi connectivity index (χ0) is 29.0. The van der Waals surface area contributed by atoms with Gasteiger partial charge in [-0.2, -0.15) is 18.2 Å². The van der Waals surface area contributed by atoms with Gasteiger partial charge in [-0.15, -0.1) is 0 Å². The molecule has 5 N–H and O–H groups in total. The molecule has 0 fully saturated rings. The van der Waals surface area contributed by atoms with Crippen molar-refractivity contribution in [3.63, 3.8) is 0 Å². The van der Waals surface area contributed by atoms with Gasteiger partial charge in [0.05, 0.1) is 25.5 Å². The Hall–Kier alpha value is -5.27. The third-order valence-corrected chi connectivity index (χ3v) is 5.69. The summed E-state index contributed by atoms with van der Waals surface area (Å²) in [5.41, 5.74) is 5.29. The Balaban J connectivity index is 1.72. The van der Waals surface area contributed by atoms with E-state index in [-0.39, 0.29) is 29.5 Å². The van der Waals surface area contributed by atoms with Crippen LogP contribution in [0.5, 0.6) is 11.5 Å². The molecule has 0 aliphatic rings. The van der Waals surface area contributed by atoms with Gasteiger partial charge in [-0.1, -0.05) is 12.6 Å². The Kier molecular flexibility index (Phi) is 7.79. The largest absolute Gasteiger partial charge is 0.497 e. The van der Waals surface area contributed by atoms with Crippen LogP contribution >= 0.6 is 0 Å². The number of amides is 2. The van der Waals surface area contributed by atoms with Crippen LogP contribution in [0.1, 0.15) is 21.5 Å². The van der Waals surface area contributed by atoms with Crippen molar-refractivity contribution in [3.8, 4) is 11.5 Å². The van der Waals surface area contributed by atoms with E-state index in [0.717, 1.165) is 12.1 Å². The number of fused-ring (bicyclic) bond motifs is 1. The summed E-state index contributed by atoms with van der Waals surface area (Å²) in [6, 6.07) is 8.30. The summed E-state index contributed by atoms with van der Waals surface area (Å²) in [6.45, 7) is 3.27. The Bertz CT molecular complexity index is 1580. The van der Waals surface area contributed by atoms with Gasteiger partial charge in [0.25, 0.3) is 5.91 Å². The number of carbonyl (C=O) groups excluding carboxylic acids is 2. The summed E-state index contributed by atoms with van der Waals surface area (Å²) in [5.74, 6) is -0.363. The first-order valence-electron chi connectivity index (χ1n) is 11.6. The van der Waals surface area contributed by atoms with Crippen molar-refractivity contribution in [2.45, 2.75) is 12.7 Å². The van der Waals surface area contributed by atoms with Crippen molar-refractivity contribution in [1.82, 2.24) is 14.4 Å². The van der Waals surface area contributed by atoms with E-state index in [1.54, 1.807) is 18.2 Å². The van der Waals surface area contributed by atoms with Gasteiger partial charge in [-0.05, 0) is 23.8 Å². The molecule has 0 spiro atoms. The van der Waals surface area contributed by atoms with Crippen LogP contribution in [0, 0.1) is 0 Å². The Morgan fingerprint density at radius 1 is 1.12 bits per heavy atom. The minimum absolute atomic E-state index is 0.00119. The second kappa shape index (κ2) is 11.2. The number of benzene rings is 2. The zero-order valence-electron chi connectivity index (χ0n) is 21.3. The number of methoxy groups -OCH3 is 2. The number of rotatable bonds is 10. The van der Waals surface area contributed by atoms with E-state index >= 15 is 0 Å². The fourth-order valence-corrected chi connectivity index (χ4v) is 3.86. The van der Waals surface area contributed by atoms with E-state index in [1.807, 2.05) is 0 Å². The first-order valence-corrected chi connectivity index (χ1v) is 11.6. The van der Waals surface area contributed by atoms with Gasteiger partial charge in [-0.25, -0.2) is 4.98 Å². The number of hydrogen-bond donors (Lipinski definition) is 4. The minimum atomic E-state index is -4.69. The molecule has 2 aromatic heterocycles. The van der Waals surface area contributed by atoms with Crippen LogP contribution < -0.4 is 31.2 Å². The number of nitrogens with one attached hydrogen (secondary N) is 3. The topological polar surface area (TPSA) is 145 Å². The second-order valence-corrected chi connectivity index (χ2v) is 8.30. The van der Waals surface area contributed by atoms with E-state index < -0.39 is 29.2 Å². The maximum Gasteiger partial charge on any atom is 0.418 e. The molecular formula is C26H24F3N7O4. The highest BCUT2D eigenvalue weighted by molar-refractivity contribution is 6.04. The summed E-state index contributed by atoms with van der Waals surface area (Å²) in [7, 11) is 2.97. The van der Waals surface area contributed by atoms with E-state index in [0.29, 0.717) is 22.7 Å². The summed E-state index contributed by atoms with van der Waals surface area (Å²) < 4.78 is 52.5. The third kappa shape index (κ3) is 5.90. The van der Waals surface area contributed by atoms with E-state index in [4.69, 9.17) is 15.2 Å². The minimum Gasteiger partial charge on any atom is -0.497 e. The van der Waals surface area contributed by atoms with Crippen LogP contribution in [0.3, 0.4) is 0 Å². The number of alkyl halides is 3. The molecule has 2 heterocycles. The van der Waals surface area contributed by atoms with Gasteiger partial charge in [0.15, 0.2) is 11.5 Å². The smallest absolute Gasteiger partial charge is 0.418 e. The van der Waals surface area contributed by atoms with Crippen LogP contribution in [-0.4, -0.2) is 40.4 Å². The van der Waals surface area contributed by atoms with E-state index in [2.05, 4.69) is 32.5 Å². The standard InChI is InChI=1S/C26H24F3N7O4/c1-4-20(37)34-19-9-14(5-6-18(19)26(27,28)29)13-32-25-35-23(21(22(30)38)24-31-7-8-36(24)25)33-15-10-16(39-2)12-17(11-15)40-3/h4-12,33H,1,13H2,2-3H3,(H2,30,38)(H,32,35)(H,34,37). The molecule has 4 rings (SSSR count). The monoisotopic (exact) mass is 555 g/mol. The molecule has 0 saturated heterocycles. The average Bonchev–Trinajstić information content (AvgIpc) is 3.40. The van der Waals surface area contributed by atoms with Gasteiger partial charge in [0.1, 0.15) is 17.1 Å². The summed E-state index contributed by atoms with van der Waals surface area (Å²) >= 11 is 0. The van der Waals surface area contributed by atoms with Crippen LogP contribution in [0.4, 0.5) is 36.3 Å². The SMILES string of the molecule is C=CC(=O)Nc1cc(CNc2nc(Nc3cc(OC)cc(OC)c3)c(C(N)=O)c3nccn23)ccc1C(F)(F)F. The van der Waals surface area contributed by atoms with Crippen LogP contribution in [0.15, 0.2) is 61.4 Å². The highest BCUT2D eigenvalue weighted by Crippen LogP contribution is 2.36.